The van der Waals surface area contributed by atoms with E-state index in [-0.39, 0.29) is 0 Å². The van der Waals surface area contributed by atoms with Crippen LogP contribution < -0.4 is 0 Å². The van der Waals surface area contributed by atoms with Crippen LogP contribution in [0.2, 0.25) is 0 Å². The Bertz CT molecular complexity index is 573. The molecule has 0 spiro atoms. The minimum Gasteiger partial charge on any atom is -0.479 e. The Morgan fingerprint density at radius 3 is 2.52 bits per heavy atom. The quantitative estimate of drug-likeness (QED) is 0.538. The Kier molecular flexibility index (Phi) is 9.03. The van der Waals surface area contributed by atoms with E-state index in [9.17, 15) is 0 Å². The van der Waals surface area contributed by atoms with Crippen LogP contribution in [-0.2, 0) is 4.74 Å². The minimum absolute atomic E-state index is 0.466. The van der Waals surface area contributed by atoms with Crippen molar-refractivity contribution in [2.75, 3.05) is 6.61 Å². The summed E-state index contributed by atoms with van der Waals surface area (Å²) in [7, 11) is 0. The smallest absolute Gasteiger partial charge is 0.183 e. The largest absolute Gasteiger partial charge is 0.479 e. The maximum atomic E-state index is 5.59. The predicted octanol–water partition coefficient (Wildman–Crippen LogP) is 6.18. The number of pyridine rings is 1. The molecule has 0 saturated heterocycles. The van der Waals surface area contributed by atoms with Gasteiger partial charge in [0, 0.05) is 18.0 Å². The highest BCUT2D eigenvalue weighted by Crippen LogP contribution is 2.15. The van der Waals surface area contributed by atoms with Crippen molar-refractivity contribution in [2.24, 2.45) is 4.99 Å². The normalized spacial score (nSPS) is 16.1. The van der Waals surface area contributed by atoms with Gasteiger partial charge in [-0.15, -0.1) is 0 Å². The molecule has 0 amide bonds. The summed E-state index contributed by atoms with van der Waals surface area (Å²) in [6.07, 6.45) is 11.8. The molecule has 3 rings (SSSR count). The molecule has 2 aromatic rings. The Labute approximate surface area is 152 Å². The van der Waals surface area contributed by atoms with E-state index >= 15 is 0 Å². The van der Waals surface area contributed by atoms with Gasteiger partial charge in [0.1, 0.15) is 6.61 Å². The molecule has 0 radical (unpaired) electrons. The summed E-state index contributed by atoms with van der Waals surface area (Å²) in [6, 6.07) is 12.6. The maximum absolute atomic E-state index is 5.59. The molecule has 1 aromatic carbocycles. The summed E-state index contributed by atoms with van der Waals surface area (Å²) >= 11 is 0. The van der Waals surface area contributed by atoms with Crippen LogP contribution in [0.5, 0.6) is 0 Å². The van der Waals surface area contributed by atoms with Crippen molar-refractivity contribution in [3.05, 3.63) is 42.6 Å². The van der Waals surface area contributed by atoms with E-state index in [4.69, 9.17) is 4.74 Å². The van der Waals surface area contributed by atoms with Gasteiger partial charge in [-0.25, -0.2) is 4.99 Å². The van der Waals surface area contributed by atoms with Gasteiger partial charge in [-0.3, -0.25) is 4.98 Å². The number of ether oxygens (including phenoxy) is 1. The van der Waals surface area contributed by atoms with E-state index in [1.165, 1.54) is 50.3 Å². The van der Waals surface area contributed by atoms with Gasteiger partial charge in [-0.1, -0.05) is 70.2 Å². The Morgan fingerprint density at radius 2 is 1.72 bits per heavy atom. The third kappa shape index (κ3) is 7.25. The number of benzene rings is 1. The average molecular weight is 341 g/mol. The van der Waals surface area contributed by atoms with Crippen molar-refractivity contribution in [1.82, 2.24) is 4.98 Å². The monoisotopic (exact) mass is 340 g/mol. The number of aromatic nitrogens is 1. The van der Waals surface area contributed by atoms with E-state index in [0.717, 1.165) is 24.4 Å². The van der Waals surface area contributed by atoms with Crippen molar-refractivity contribution in [1.29, 1.82) is 0 Å². The van der Waals surface area contributed by atoms with Crippen molar-refractivity contribution in [3.8, 4) is 0 Å². The lowest BCUT2D eigenvalue weighted by atomic mass is 10.1. The van der Waals surface area contributed by atoms with E-state index in [0.29, 0.717) is 6.04 Å². The fourth-order valence-corrected chi connectivity index (χ4v) is 2.93. The number of aliphatic imine (C=N–C) groups is 1. The van der Waals surface area contributed by atoms with Gasteiger partial charge < -0.3 is 4.74 Å². The second-order valence-corrected chi connectivity index (χ2v) is 6.64. The van der Waals surface area contributed by atoms with Gasteiger partial charge in [0.15, 0.2) is 5.90 Å². The van der Waals surface area contributed by atoms with Crippen LogP contribution in [-0.4, -0.2) is 23.5 Å². The van der Waals surface area contributed by atoms with Crippen LogP contribution >= 0.6 is 0 Å². The zero-order chi connectivity index (χ0) is 17.7. The third-order valence-electron chi connectivity index (χ3n) is 4.42. The van der Waals surface area contributed by atoms with Crippen molar-refractivity contribution < 1.29 is 4.74 Å². The average Bonchev–Trinajstić information content (AvgIpc) is 3.11. The van der Waals surface area contributed by atoms with Crippen LogP contribution in [0.1, 0.15) is 65.2 Å². The van der Waals surface area contributed by atoms with Crippen LogP contribution in [0, 0.1) is 0 Å². The van der Waals surface area contributed by atoms with Gasteiger partial charge in [-0.05, 0) is 25.0 Å². The number of hydrogen-bond donors (Lipinski definition) is 0. The lowest BCUT2D eigenvalue weighted by molar-refractivity contribution is 0.301. The summed E-state index contributed by atoms with van der Waals surface area (Å²) in [4.78, 5) is 8.81. The fraction of sp³-hybridized carbons (Fsp3) is 0.545. The van der Waals surface area contributed by atoms with E-state index in [1.807, 2.05) is 30.5 Å². The molecule has 0 saturated carbocycles. The first-order valence-corrected chi connectivity index (χ1v) is 9.82. The highest BCUT2D eigenvalue weighted by molar-refractivity contribution is 5.78. The first kappa shape index (κ1) is 19.4. The molecule has 136 valence electrons. The maximum Gasteiger partial charge on any atom is 0.183 e. The van der Waals surface area contributed by atoms with Gasteiger partial charge in [0.25, 0.3) is 0 Å². The topological polar surface area (TPSA) is 34.5 Å². The highest BCUT2D eigenvalue weighted by atomic mass is 16.5. The van der Waals surface area contributed by atoms with Crippen LogP contribution in [0.3, 0.4) is 0 Å². The zero-order valence-corrected chi connectivity index (χ0v) is 15.8. The molecule has 0 bridgehead atoms. The number of unbranched alkanes of at least 4 members (excludes halogenated alkanes) is 4. The summed E-state index contributed by atoms with van der Waals surface area (Å²) in [5.74, 6) is 1.02. The first-order valence-electron chi connectivity index (χ1n) is 9.82. The molecule has 1 aromatic heterocycles. The molecular formula is C22H32N2O. The molecule has 1 unspecified atom stereocenters. The molecule has 1 atom stereocenters. The molecule has 0 N–H and O–H groups in total. The van der Waals surface area contributed by atoms with E-state index in [2.05, 4.69) is 36.0 Å². The number of rotatable bonds is 8. The summed E-state index contributed by atoms with van der Waals surface area (Å²) in [6.45, 7) is 5.31. The molecule has 3 heteroatoms. The number of fused-ring (bicyclic) bond motifs is 1. The van der Waals surface area contributed by atoms with Gasteiger partial charge in [0.2, 0.25) is 0 Å². The van der Waals surface area contributed by atoms with E-state index < -0.39 is 0 Å². The number of para-hydroxylation sites is 1. The fourth-order valence-electron chi connectivity index (χ4n) is 2.93. The molecule has 25 heavy (non-hydrogen) atoms. The van der Waals surface area contributed by atoms with Crippen molar-refractivity contribution >= 4 is 16.8 Å². The molecule has 3 nitrogen and oxygen atoms in total. The molecule has 2 heterocycles. The van der Waals surface area contributed by atoms with Gasteiger partial charge in [-0.2, -0.15) is 0 Å². The Morgan fingerprint density at radius 1 is 0.960 bits per heavy atom. The third-order valence-corrected chi connectivity index (χ3v) is 4.42. The number of hydrogen-bond acceptors (Lipinski definition) is 3. The molecular weight excluding hydrogens is 308 g/mol. The van der Waals surface area contributed by atoms with Gasteiger partial charge >= 0.3 is 0 Å². The van der Waals surface area contributed by atoms with Crippen molar-refractivity contribution in [2.45, 2.75) is 71.3 Å². The zero-order valence-electron chi connectivity index (χ0n) is 15.8. The summed E-state index contributed by atoms with van der Waals surface area (Å²) < 4.78 is 5.59. The van der Waals surface area contributed by atoms with Crippen LogP contribution in [0.25, 0.3) is 10.9 Å². The predicted molar refractivity (Wildman–Crippen MR) is 107 cm³/mol. The van der Waals surface area contributed by atoms with Crippen LogP contribution in [0.15, 0.2) is 47.6 Å². The second-order valence-electron chi connectivity index (χ2n) is 6.64. The minimum atomic E-state index is 0.466. The number of nitrogens with zero attached hydrogens (tertiary/aromatic N) is 2. The van der Waals surface area contributed by atoms with E-state index in [1.54, 1.807) is 0 Å². The molecule has 1 aliphatic heterocycles. The standard InChI is InChI=1S/C13H25NO.C9H7N/c1-3-5-7-9-12-11-15-13(14-12)10-8-6-4-2;1-2-6-9-8(4-1)5-3-7-10-9/h12H,3-11H2,1-2H3;1-7H. The Balaban J connectivity index is 0.000000194. The first-order chi connectivity index (χ1) is 12.3. The summed E-state index contributed by atoms with van der Waals surface area (Å²) in [5.41, 5.74) is 1.06. The van der Waals surface area contributed by atoms with Crippen LogP contribution in [0.4, 0.5) is 0 Å². The summed E-state index contributed by atoms with van der Waals surface area (Å²) in [5, 5.41) is 1.20. The molecule has 1 aliphatic rings. The second kappa shape index (κ2) is 11.6. The molecule has 0 fully saturated rings. The van der Waals surface area contributed by atoms with Crippen molar-refractivity contribution in [3.63, 3.8) is 0 Å². The molecule has 0 aliphatic carbocycles. The highest BCUT2D eigenvalue weighted by Gasteiger charge is 2.17. The lowest BCUT2D eigenvalue weighted by Crippen LogP contribution is -2.05. The lowest BCUT2D eigenvalue weighted by Gasteiger charge is -2.02. The Hall–Kier alpha value is -1.90. The van der Waals surface area contributed by atoms with Gasteiger partial charge in [0.05, 0.1) is 11.6 Å². The SMILES string of the molecule is CCCCCC1=NC(CCCCC)CO1.c1ccc2ncccc2c1.